The van der Waals surface area contributed by atoms with Crippen molar-refractivity contribution in [2.75, 3.05) is 6.67 Å². The van der Waals surface area contributed by atoms with Crippen LogP contribution in [0, 0.1) is 0 Å². The Morgan fingerprint density at radius 2 is 1.71 bits per heavy atom. The molecule has 0 unspecified atom stereocenters. The third-order valence-electron chi connectivity index (χ3n) is 0.105. The maximum atomic E-state index is 10.4. The van der Waals surface area contributed by atoms with E-state index in [9.17, 15) is 8.78 Å². The maximum absolute atomic E-state index is 10.4. The van der Waals surface area contributed by atoms with Crippen molar-refractivity contribution in [3.05, 3.63) is 0 Å². The van der Waals surface area contributed by atoms with Gasteiger partial charge in [0, 0.05) is 0 Å². The molecule has 0 N–H and O–H groups in total. The summed E-state index contributed by atoms with van der Waals surface area (Å²) in [6.07, 6.45) is 0. The second-order valence-electron chi connectivity index (χ2n) is 0.489. The molecule has 7 heavy (non-hydrogen) atoms. The average molecular weight is 110 g/mol. The van der Waals surface area contributed by atoms with E-state index in [2.05, 4.69) is 0 Å². The van der Waals surface area contributed by atoms with Crippen LogP contribution in [0.5, 0.6) is 0 Å². The molecular formula is C3H4F2O2. The van der Waals surface area contributed by atoms with Crippen LogP contribution in [0.4, 0.5) is 8.78 Å². The summed E-state index contributed by atoms with van der Waals surface area (Å²) in [5, 5.41) is 0. The van der Waals surface area contributed by atoms with Gasteiger partial charge in [0.15, 0.2) is 6.67 Å². The van der Waals surface area contributed by atoms with Crippen LogP contribution in [0.3, 0.4) is 0 Å². The lowest BCUT2D eigenvalue weighted by Crippen LogP contribution is -1.85. The number of rotatable bonds is 1. The molecule has 0 heterocycles. The summed E-state index contributed by atoms with van der Waals surface area (Å²) in [5.74, 6) is 0. The van der Waals surface area contributed by atoms with Crippen LogP contribution in [0.2, 0.25) is 0 Å². The Kier molecular flexibility index (Phi) is 12.2. The zero-order chi connectivity index (χ0) is 6.28. The Labute approximate surface area is 39.1 Å². The summed E-state index contributed by atoms with van der Waals surface area (Å²) in [6.45, 7) is 0.500. The first kappa shape index (κ1) is 9.50. The Morgan fingerprint density at radius 3 is 1.71 bits per heavy atom. The predicted octanol–water partition coefficient (Wildman–Crippen LogP) is 0.267. The van der Waals surface area contributed by atoms with E-state index >= 15 is 0 Å². The minimum absolute atomic E-state index is 1.50. The van der Waals surface area contributed by atoms with Gasteiger partial charge in [-0.15, -0.1) is 0 Å². The number of alkyl halides is 1. The van der Waals surface area contributed by atoms with Crippen LogP contribution >= 0.6 is 0 Å². The van der Waals surface area contributed by atoms with Crippen molar-refractivity contribution in [3.63, 3.8) is 0 Å². The van der Waals surface area contributed by atoms with Crippen LogP contribution in [0.15, 0.2) is 0 Å². The summed E-state index contributed by atoms with van der Waals surface area (Å²) in [4.78, 5) is 16.8. The van der Waals surface area contributed by atoms with Gasteiger partial charge in [-0.25, -0.2) is 4.39 Å². The number of carbonyl (C=O) groups is 2. The third-order valence-corrected chi connectivity index (χ3v) is 0.105. The van der Waals surface area contributed by atoms with Crippen molar-refractivity contribution in [1.82, 2.24) is 0 Å². The molecule has 0 bridgehead atoms. The SMILES string of the molecule is C=O.O=C(F)CF. The highest BCUT2D eigenvalue weighted by Crippen LogP contribution is 1.69. The largest absolute Gasteiger partial charge is 0.332 e. The lowest BCUT2D eigenvalue weighted by atomic mass is 10.8. The third kappa shape index (κ3) is 37.0. The number of hydrogen-bond acceptors (Lipinski definition) is 2. The van der Waals surface area contributed by atoms with Crippen molar-refractivity contribution >= 4 is 12.8 Å². The minimum atomic E-state index is -1.91. The Bertz CT molecular complexity index is 54.9. The van der Waals surface area contributed by atoms with Crippen molar-refractivity contribution in [1.29, 1.82) is 0 Å². The molecule has 0 aromatic heterocycles. The number of carbonyl (C=O) groups excluding carboxylic acids is 2. The molecule has 0 spiro atoms. The van der Waals surface area contributed by atoms with Gasteiger partial charge in [0.2, 0.25) is 0 Å². The maximum Gasteiger partial charge on any atom is 0.332 e. The van der Waals surface area contributed by atoms with Gasteiger partial charge in [0.25, 0.3) is 0 Å². The topological polar surface area (TPSA) is 34.1 Å². The van der Waals surface area contributed by atoms with Gasteiger partial charge >= 0.3 is 6.04 Å². The summed E-state index contributed by atoms with van der Waals surface area (Å²) in [5.41, 5.74) is 0. The zero-order valence-corrected chi connectivity index (χ0v) is 3.49. The highest BCUT2D eigenvalue weighted by molar-refractivity contribution is 5.68. The monoisotopic (exact) mass is 110 g/mol. The summed E-state index contributed by atoms with van der Waals surface area (Å²) in [7, 11) is 0. The van der Waals surface area contributed by atoms with Crippen molar-refractivity contribution < 1.29 is 18.4 Å². The highest BCUT2D eigenvalue weighted by atomic mass is 19.2. The van der Waals surface area contributed by atoms with Crippen LogP contribution in [-0.4, -0.2) is 19.5 Å². The van der Waals surface area contributed by atoms with Gasteiger partial charge in [-0.3, -0.25) is 4.79 Å². The van der Waals surface area contributed by atoms with Crippen molar-refractivity contribution in [2.45, 2.75) is 0 Å². The van der Waals surface area contributed by atoms with E-state index in [-0.39, 0.29) is 0 Å². The van der Waals surface area contributed by atoms with Gasteiger partial charge in [-0.1, -0.05) is 0 Å². The second kappa shape index (κ2) is 8.96. The first-order valence-electron chi connectivity index (χ1n) is 1.30. The van der Waals surface area contributed by atoms with Gasteiger partial charge in [-0.05, 0) is 0 Å². The Morgan fingerprint density at radius 1 is 1.57 bits per heavy atom. The van der Waals surface area contributed by atoms with E-state index in [4.69, 9.17) is 9.59 Å². The molecule has 0 aromatic rings. The highest BCUT2D eigenvalue weighted by Gasteiger charge is 1.88. The van der Waals surface area contributed by atoms with E-state index in [1.54, 1.807) is 0 Å². The molecule has 0 amide bonds. The molecule has 0 rings (SSSR count). The lowest BCUT2D eigenvalue weighted by molar-refractivity contribution is -0.130. The fourth-order valence-electron chi connectivity index (χ4n) is 0. The minimum Gasteiger partial charge on any atom is -0.307 e. The molecule has 0 aliphatic carbocycles. The van der Waals surface area contributed by atoms with Crippen LogP contribution in [0.1, 0.15) is 0 Å². The fraction of sp³-hybridized carbons (Fsp3) is 0.333. The van der Waals surface area contributed by atoms with Gasteiger partial charge in [-0.2, -0.15) is 4.39 Å². The molecule has 0 radical (unpaired) electrons. The quantitative estimate of drug-likeness (QED) is 0.454. The summed E-state index contributed by atoms with van der Waals surface area (Å²) < 4.78 is 20.8. The molecule has 0 aliphatic rings. The normalized spacial score (nSPS) is 6.00. The molecule has 2 nitrogen and oxygen atoms in total. The molecule has 0 atom stereocenters. The van der Waals surface area contributed by atoms with Crippen LogP contribution in [-0.2, 0) is 9.59 Å². The first-order chi connectivity index (χ1) is 3.27. The average Bonchev–Trinajstić information content (AvgIpc) is 1.73. The first-order valence-corrected chi connectivity index (χ1v) is 1.30. The van der Waals surface area contributed by atoms with E-state index in [1.807, 2.05) is 6.79 Å². The van der Waals surface area contributed by atoms with E-state index < -0.39 is 12.7 Å². The Balaban J connectivity index is 0. The zero-order valence-electron chi connectivity index (χ0n) is 3.49. The second-order valence-corrected chi connectivity index (χ2v) is 0.489. The smallest absolute Gasteiger partial charge is 0.307 e. The molecule has 0 fully saturated rings. The molecular weight excluding hydrogens is 106 g/mol. The molecule has 0 saturated carbocycles. The Hall–Kier alpha value is -0.800. The number of halogens is 2. The van der Waals surface area contributed by atoms with Crippen LogP contribution < -0.4 is 0 Å². The van der Waals surface area contributed by atoms with E-state index in [1.165, 1.54) is 0 Å². The summed E-state index contributed by atoms with van der Waals surface area (Å²) in [6, 6.07) is -1.91. The molecule has 0 aliphatic heterocycles. The molecule has 0 saturated heterocycles. The van der Waals surface area contributed by atoms with Gasteiger partial charge in [0.05, 0.1) is 0 Å². The molecule has 42 valence electrons. The van der Waals surface area contributed by atoms with Crippen LogP contribution in [0.25, 0.3) is 0 Å². The predicted molar refractivity (Wildman–Crippen MR) is 19.2 cm³/mol. The van der Waals surface area contributed by atoms with Gasteiger partial charge < -0.3 is 4.79 Å². The van der Waals surface area contributed by atoms with Crippen molar-refractivity contribution in [2.24, 2.45) is 0 Å². The molecule has 0 aromatic carbocycles. The molecule has 4 heteroatoms. The number of hydrogen-bond donors (Lipinski definition) is 0. The standard InChI is InChI=1S/C2H2F2O.CH2O/c3-1-2(4)5;1-2/h1H2;1H2. The van der Waals surface area contributed by atoms with E-state index in [0.717, 1.165) is 0 Å². The summed E-state index contributed by atoms with van der Waals surface area (Å²) >= 11 is 0. The lowest BCUT2D eigenvalue weighted by Gasteiger charge is -1.63. The van der Waals surface area contributed by atoms with E-state index in [0.29, 0.717) is 0 Å². The van der Waals surface area contributed by atoms with Gasteiger partial charge in [0.1, 0.15) is 6.79 Å². The fourth-order valence-corrected chi connectivity index (χ4v) is 0. The van der Waals surface area contributed by atoms with Crippen molar-refractivity contribution in [3.8, 4) is 0 Å².